The van der Waals surface area contributed by atoms with Gasteiger partial charge >= 0.3 is 5.97 Å². The molecule has 3 N–H and O–H groups in total. The van der Waals surface area contributed by atoms with Crippen LogP contribution in [0.4, 0.5) is 0 Å². The molecule has 7 nitrogen and oxygen atoms in total. The van der Waals surface area contributed by atoms with Gasteiger partial charge in [-0.15, -0.1) is 0 Å². The number of fused-ring (bicyclic) bond motifs is 8. The zero-order valence-corrected chi connectivity index (χ0v) is 35.5. The van der Waals surface area contributed by atoms with E-state index in [1.54, 1.807) is 0 Å². The molecular weight excluding hydrogens is 681 g/mol. The van der Waals surface area contributed by atoms with Gasteiger partial charge in [0, 0.05) is 57.3 Å². The molecule has 0 aliphatic carbocycles. The lowest BCUT2D eigenvalue weighted by Gasteiger charge is -2.18. The standard InChI is InChI=1S/C48H64N4O3/c1-13-37-31(7)41-26-43-45(36(12)53)34(10)47(51-43)35(11)46-32(8)38(48(52-46)33(9)40-24-30(6)39(49-40)25-42(37)50-41)20-21-44(54)55-23-22-29(5)19-15-18-28(4)17-14-16-27(2)3/h16,18,22,24-26,32,36,38,49-50,53H,13-15,17,19-21,23H2,1-12H3/b28-18+,29-22+,39-25?,40-33?,41-26?,42-25?,43-26?,46-35?,47-35?,48-33?/t32-,36+,38-/m0/s1. The van der Waals surface area contributed by atoms with Crippen molar-refractivity contribution in [2.75, 3.05) is 6.61 Å². The molecule has 0 aromatic carbocycles. The van der Waals surface area contributed by atoms with E-state index in [-0.39, 0.29) is 17.8 Å². The van der Waals surface area contributed by atoms with Gasteiger partial charge in [-0.1, -0.05) is 42.7 Å². The van der Waals surface area contributed by atoms with Crippen molar-refractivity contribution in [3.05, 3.63) is 104 Å². The zero-order valence-electron chi connectivity index (χ0n) is 35.5. The van der Waals surface area contributed by atoms with Crippen LogP contribution in [0.3, 0.4) is 0 Å². The van der Waals surface area contributed by atoms with Gasteiger partial charge in [-0.05, 0) is 165 Å². The fraction of sp³-hybridized carbons (Fsp3) is 0.479. The largest absolute Gasteiger partial charge is 0.461 e. The first-order valence-electron chi connectivity index (χ1n) is 20.3. The monoisotopic (exact) mass is 744 g/mol. The molecular formula is C48H64N4O3. The van der Waals surface area contributed by atoms with Gasteiger partial charge < -0.3 is 19.8 Å². The Morgan fingerprint density at radius 2 is 1.47 bits per heavy atom. The van der Waals surface area contributed by atoms with Crippen LogP contribution >= 0.6 is 0 Å². The fourth-order valence-electron chi connectivity index (χ4n) is 8.33. The number of aliphatic hydroxyl groups is 1. The molecule has 2 aliphatic heterocycles. The number of esters is 1. The second-order valence-corrected chi connectivity index (χ2v) is 16.2. The summed E-state index contributed by atoms with van der Waals surface area (Å²) >= 11 is 0. The number of aliphatic hydroxyl groups excluding tert-OH is 1. The van der Waals surface area contributed by atoms with Gasteiger partial charge in [0.05, 0.1) is 17.5 Å². The Morgan fingerprint density at radius 3 is 2.15 bits per heavy atom. The highest BCUT2D eigenvalue weighted by atomic mass is 16.5. The second-order valence-electron chi connectivity index (χ2n) is 16.2. The molecule has 0 amide bonds. The average Bonchev–Trinajstić information content (AvgIpc) is 3.84. The number of rotatable bonds is 13. The summed E-state index contributed by atoms with van der Waals surface area (Å²) in [5, 5.41) is 11.0. The molecule has 8 bridgehead atoms. The lowest BCUT2D eigenvalue weighted by molar-refractivity contribution is -0.142. The van der Waals surface area contributed by atoms with Crippen LogP contribution in [-0.2, 0) is 16.0 Å². The third-order valence-corrected chi connectivity index (χ3v) is 11.7. The van der Waals surface area contributed by atoms with Gasteiger partial charge in [0.15, 0.2) is 0 Å². The Kier molecular flexibility index (Phi) is 13.6. The van der Waals surface area contributed by atoms with Crippen LogP contribution in [0.2, 0.25) is 0 Å². The minimum atomic E-state index is -0.685. The smallest absolute Gasteiger partial charge is 0.306 e. The fourth-order valence-corrected chi connectivity index (χ4v) is 8.33. The number of nitrogens with zero attached hydrogens (tertiary/aromatic N) is 2. The van der Waals surface area contributed by atoms with Crippen molar-refractivity contribution in [3.8, 4) is 0 Å². The van der Waals surface area contributed by atoms with Gasteiger partial charge in [0.2, 0.25) is 0 Å². The van der Waals surface area contributed by atoms with Gasteiger partial charge in [-0.3, -0.25) is 9.78 Å². The Bertz CT molecular complexity index is 2220. The molecule has 0 unspecified atom stereocenters. The van der Waals surface area contributed by atoms with Crippen LogP contribution in [0, 0.1) is 27.7 Å². The van der Waals surface area contributed by atoms with Crippen LogP contribution in [0.15, 0.2) is 53.1 Å². The van der Waals surface area contributed by atoms with Crippen molar-refractivity contribution in [1.82, 2.24) is 19.9 Å². The highest BCUT2D eigenvalue weighted by Crippen LogP contribution is 2.44. The summed E-state index contributed by atoms with van der Waals surface area (Å²) in [6.07, 6.45) is 11.9. The highest BCUT2D eigenvalue weighted by Gasteiger charge is 2.33. The number of carbonyl (C=O) groups is 1. The van der Waals surface area contributed by atoms with Crippen LogP contribution in [0.1, 0.15) is 156 Å². The number of aromatic nitrogens is 4. The molecule has 294 valence electrons. The minimum absolute atomic E-state index is 0.0191. The maximum absolute atomic E-state index is 13.2. The lowest BCUT2D eigenvalue weighted by atomic mass is 9.84. The van der Waals surface area contributed by atoms with Crippen LogP contribution in [-0.4, -0.2) is 43.7 Å². The van der Waals surface area contributed by atoms with E-state index in [4.69, 9.17) is 14.7 Å². The van der Waals surface area contributed by atoms with E-state index in [0.717, 1.165) is 105 Å². The summed E-state index contributed by atoms with van der Waals surface area (Å²) in [5.41, 5.74) is 19.3. The number of hydrogen-bond donors (Lipinski definition) is 3. The molecule has 7 heteroatoms. The van der Waals surface area contributed by atoms with E-state index in [9.17, 15) is 9.90 Å². The normalized spacial score (nSPS) is 16.8. The van der Waals surface area contributed by atoms with E-state index in [0.29, 0.717) is 19.4 Å². The second kappa shape index (κ2) is 18.0. The van der Waals surface area contributed by atoms with Crippen molar-refractivity contribution in [1.29, 1.82) is 0 Å². The Hall–Kier alpha value is -4.49. The van der Waals surface area contributed by atoms with Crippen molar-refractivity contribution >= 4 is 39.2 Å². The summed E-state index contributed by atoms with van der Waals surface area (Å²) in [4.78, 5) is 31.1. The number of ether oxygens (including phenoxy) is 1. The molecule has 3 atom stereocenters. The van der Waals surface area contributed by atoms with Crippen molar-refractivity contribution in [3.63, 3.8) is 0 Å². The maximum atomic E-state index is 13.2. The summed E-state index contributed by atoms with van der Waals surface area (Å²) < 4.78 is 5.75. The van der Waals surface area contributed by atoms with Gasteiger partial charge in [0.1, 0.15) is 6.61 Å². The molecule has 0 radical (unpaired) electrons. The summed E-state index contributed by atoms with van der Waals surface area (Å²) in [5.74, 6) is -0.119. The molecule has 55 heavy (non-hydrogen) atoms. The van der Waals surface area contributed by atoms with Crippen molar-refractivity contribution in [2.45, 2.75) is 146 Å². The van der Waals surface area contributed by atoms with Crippen LogP contribution < -0.4 is 0 Å². The first-order chi connectivity index (χ1) is 26.1. The third kappa shape index (κ3) is 9.49. The van der Waals surface area contributed by atoms with Gasteiger partial charge in [0.25, 0.3) is 0 Å². The van der Waals surface area contributed by atoms with E-state index >= 15 is 0 Å². The van der Waals surface area contributed by atoms with E-state index in [1.165, 1.54) is 27.8 Å². The van der Waals surface area contributed by atoms with Gasteiger partial charge in [-0.2, -0.15) is 0 Å². The topological polar surface area (TPSA) is 104 Å². The number of H-pyrrole nitrogens is 2. The molecule has 5 rings (SSSR count). The number of aromatic amines is 2. The van der Waals surface area contributed by atoms with E-state index in [1.807, 2.05) is 13.0 Å². The van der Waals surface area contributed by atoms with Crippen LogP contribution in [0.5, 0.6) is 0 Å². The predicted octanol–water partition coefficient (Wildman–Crippen LogP) is 12.1. The van der Waals surface area contributed by atoms with Gasteiger partial charge in [-0.25, -0.2) is 4.98 Å². The van der Waals surface area contributed by atoms with E-state index in [2.05, 4.69) is 116 Å². The molecule has 3 aromatic rings. The summed E-state index contributed by atoms with van der Waals surface area (Å²) in [6.45, 7) is 25.7. The average molecular weight is 745 g/mol. The third-order valence-electron chi connectivity index (χ3n) is 11.7. The first-order valence-corrected chi connectivity index (χ1v) is 20.3. The van der Waals surface area contributed by atoms with Crippen molar-refractivity contribution in [2.24, 2.45) is 0 Å². The Balaban J connectivity index is 1.46. The summed E-state index contributed by atoms with van der Waals surface area (Å²) in [6, 6.07) is 6.50. The lowest BCUT2D eigenvalue weighted by Crippen LogP contribution is -2.10. The Morgan fingerprint density at radius 1 is 0.818 bits per heavy atom. The number of carbonyl (C=O) groups excluding carboxylic acids is 1. The minimum Gasteiger partial charge on any atom is -0.461 e. The predicted molar refractivity (Wildman–Crippen MR) is 230 cm³/mol. The zero-order chi connectivity index (χ0) is 40.1. The molecule has 0 fully saturated rings. The van der Waals surface area contributed by atoms with E-state index < -0.39 is 6.10 Å². The number of allylic oxidation sites excluding steroid dienone is 6. The first kappa shape index (κ1) is 41.7. The molecule has 2 aliphatic rings. The van der Waals surface area contributed by atoms with Crippen molar-refractivity contribution < 1.29 is 14.6 Å². The molecule has 0 saturated heterocycles. The number of nitrogens with one attached hydrogen (secondary N) is 2. The molecule has 0 spiro atoms. The highest BCUT2D eigenvalue weighted by molar-refractivity contribution is 5.94. The quantitative estimate of drug-likeness (QED) is 0.119. The molecule has 0 saturated carbocycles. The number of hydrogen-bond acceptors (Lipinski definition) is 5. The number of aryl methyl sites for hydroxylation is 4. The SMILES string of the molecule is CCc1c(C)c2cc3nc(c(C)c4nc(c(C)c5cc(C)c(cc1[nH]2)[nH]5)[C@@H](CCC(=O)OC/C=C(\C)CC/C=C(\C)CCC=C(C)C)[C@@H]4C)C(C)=C3[C@@H](C)O. The van der Waals surface area contributed by atoms with Crippen LogP contribution in [0.25, 0.3) is 33.2 Å². The molecule has 3 aromatic heterocycles. The maximum Gasteiger partial charge on any atom is 0.306 e. The Labute approximate surface area is 329 Å². The molecule has 5 heterocycles. The summed E-state index contributed by atoms with van der Waals surface area (Å²) in [7, 11) is 0.